The molecule has 170 valence electrons. The number of morpholine rings is 1. The molecule has 3 aromatic rings. The van der Waals surface area contributed by atoms with Crippen LogP contribution >= 0.6 is 0 Å². The van der Waals surface area contributed by atoms with Gasteiger partial charge in [-0.25, -0.2) is 19.7 Å². The third-order valence-corrected chi connectivity index (χ3v) is 6.01. The van der Waals surface area contributed by atoms with Gasteiger partial charge in [-0.1, -0.05) is 18.2 Å². The lowest BCUT2D eigenvalue weighted by atomic mass is 10.1. The largest absolute Gasteiger partial charge is 0.378 e. The molecule has 0 atom stereocenters. The van der Waals surface area contributed by atoms with E-state index in [0.717, 1.165) is 33.6 Å². The molecule has 4 heterocycles. The summed E-state index contributed by atoms with van der Waals surface area (Å²) >= 11 is 0. The van der Waals surface area contributed by atoms with Gasteiger partial charge in [0.1, 0.15) is 5.82 Å². The van der Waals surface area contributed by atoms with E-state index in [2.05, 4.69) is 20.2 Å². The molecule has 1 saturated heterocycles. The number of nitrogens with one attached hydrogen (secondary N) is 1. The maximum Gasteiger partial charge on any atom is 0.327 e. The first-order valence-corrected chi connectivity index (χ1v) is 11.0. The minimum atomic E-state index is -0.211. The number of urea groups is 1. The number of benzene rings is 1. The lowest BCUT2D eigenvalue weighted by Gasteiger charge is -2.28. The Balaban J connectivity index is 1.55. The number of nitrogens with zero attached hydrogens (tertiary/aromatic N) is 6. The van der Waals surface area contributed by atoms with Gasteiger partial charge < -0.3 is 20.7 Å². The monoisotopic (exact) mass is 446 g/mol. The second-order valence-corrected chi connectivity index (χ2v) is 8.20. The summed E-state index contributed by atoms with van der Waals surface area (Å²) in [6.07, 6.45) is 3.96. The van der Waals surface area contributed by atoms with Crippen molar-refractivity contribution >= 4 is 29.4 Å². The molecule has 10 heteroatoms. The van der Waals surface area contributed by atoms with Crippen molar-refractivity contribution in [2.24, 2.45) is 0 Å². The van der Waals surface area contributed by atoms with E-state index in [4.69, 9.17) is 20.4 Å². The number of hydrogen-bond acceptors (Lipinski definition) is 8. The summed E-state index contributed by atoms with van der Waals surface area (Å²) in [5.74, 6) is 1.38. The molecule has 5 rings (SSSR count). The van der Waals surface area contributed by atoms with Gasteiger partial charge in [0.25, 0.3) is 0 Å². The molecule has 0 unspecified atom stereocenters. The average molecular weight is 447 g/mol. The number of nitrogen functional groups attached to an aromatic ring is 1. The van der Waals surface area contributed by atoms with Crippen LogP contribution in [0.15, 0.2) is 30.6 Å². The van der Waals surface area contributed by atoms with E-state index in [9.17, 15) is 4.79 Å². The summed E-state index contributed by atoms with van der Waals surface area (Å²) in [5.41, 5.74) is 10.9. The Hall–Kier alpha value is -3.79. The van der Waals surface area contributed by atoms with Crippen LogP contribution in [-0.4, -0.2) is 58.8 Å². The fourth-order valence-corrected chi connectivity index (χ4v) is 4.23. The molecule has 2 aromatic heterocycles. The number of nitrogens with two attached hydrogens (primary N) is 1. The van der Waals surface area contributed by atoms with E-state index in [1.165, 1.54) is 0 Å². The highest BCUT2D eigenvalue weighted by atomic mass is 16.5. The van der Waals surface area contributed by atoms with Crippen molar-refractivity contribution < 1.29 is 9.53 Å². The van der Waals surface area contributed by atoms with Gasteiger partial charge in [0.2, 0.25) is 11.9 Å². The van der Waals surface area contributed by atoms with Crippen molar-refractivity contribution in [2.75, 3.05) is 53.7 Å². The Kier molecular flexibility index (Phi) is 5.51. The first-order valence-electron chi connectivity index (χ1n) is 11.0. The topological polar surface area (TPSA) is 122 Å². The van der Waals surface area contributed by atoms with Crippen molar-refractivity contribution in [1.82, 2.24) is 19.9 Å². The molecule has 3 N–H and O–H groups in total. The first kappa shape index (κ1) is 21.1. The van der Waals surface area contributed by atoms with Crippen LogP contribution < -0.4 is 20.9 Å². The first-order chi connectivity index (χ1) is 16.0. The second-order valence-electron chi connectivity index (χ2n) is 8.20. The van der Waals surface area contributed by atoms with Crippen LogP contribution in [0.5, 0.6) is 0 Å². The summed E-state index contributed by atoms with van der Waals surface area (Å²) in [7, 11) is 0. The molecule has 1 aromatic carbocycles. The van der Waals surface area contributed by atoms with Crippen LogP contribution in [0.4, 0.5) is 28.2 Å². The number of aromatic nitrogens is 4. The van der Waals surface area contributed by atoms with Crippen LogP contribution in [0.25, 0.3) is 11.3 Å². The smallest absolute Gasteiger partial charge is 0.327 e. The highest BCUT2D eigenvalue weighted by molar-refractivity contribution is 6.04. The third kappa shape index (κ3) is 4.05. The SMILES string of the molecule is Cc1cccc(C)c1NC(=O)N1CCc2c(-c3cnc(N)nc3)nc(N3CCOCC3)nc21. The molecule has 0 aliphatic carbocycles. The molecule has 2 aliphatic rings. The molecule has 0 spiro atoms. The number of aryl methyl sites for hydroxylation is 2. The molecule has 10 nitrogen and oxygen atoms in total. The maximum absolute atomic E-state index is 13.3. The minimum Gasteiger partial charge on any atom is -0.378 e. The van der Waals surface area contributed by atoms with Crippen molar-refractivity contribution in [3.8, 4) is 11.3 Å². The quantitative estimate of drug-likeness (QED) is 0.629. The molecule has 1 fully saturated rings. The summed E-state index contributed by atoms with van der Waals surface area (Å²) in [6, 6.07) is 5.74. The van der Waals surface area contributed by atoms with Crippen LogP contribution in [0.3, 0.4) is 0 Å². The predicted octanol–water partition coefficient (Wildman–Crippen LogP) is 2.56. The van der Waals surface area contributed by atoms with Crippen molar-refractivity contribution in [1.29, 1.82) is 0 Å². The van der Waals surface area contributed by atoms with Gasteiger partial charge in [0, 0.05) is 48.8 Å². The Labute approximate surface area is 191 Å². The van der Waals surface area contributed by atoms with Crippen molar-refractivity contribution in [3.05, 3.63) is 47.3 Å². The predicted molar refractivity (Wildman–Crippen MR) is 126 cm³/mol. The fraction of sp³-hybridized carbons (Fsp3) is 0.348. The Morgan fingerprint density at radius 3 is 2.45 bits per heavy atom. The van der Waals surface area contributed by atoms with Gasteiger partial charge in [-0.2, -0.15) is 4.98 Å². The number of anilines is 4. The molecule has 0 radical (unpaired) electrons. The number of amides is 2. The number of rotatable bonds is 3. The average Bonchev–Trinajstić information content (AvgIpc) is 3.26. The number of ether oxygens (including phenoxy) is 1. The van der Waals surface area contributed by atoms with Gasteiger partial charge in [0.15, 0.2) is 0 Å². The van der Waals surface area contributed by atoms with Crippen LogP contribution in [0, 0.1) is 13.8 Å². The molecule has 0 bridgehead atoms. The van der Waals surface area contributed by atoms with E-state index in [0.29, 0.717) is 51.0 Å². The lowest BCUT2D eigenvalue weighted by molar-refractivity contribution is 0.122. The molecular weight excluding hydrogens is 420 g/mol. The summed E-state index contributed by atoms with van der Waals surface area (Å²) in [5, 5.41) is 3.08. The zero-order valence-corrected chi connectivity index (χ0v) is 18.7. The maximum atomic E-state index is 13.3. The van der Waals surface area contributed by atoms with Gasteiger partial charge in [-0.15, -0.1) is 0 Å². The number of carbonyl (C=O) groups is 1. The zero-order valence-electron chi connectivity index (χ0n) is 18.7. The standard InChI is InChI=1S/C23H26N8O2/c1-14-4-3-5-15(2)18(14)28-23(32)31-7-6-17-19(16-12-25-21(24)26-13-16)27-22(29-20(17)31)30-8-10-33-11-9-30/h3-5,12-13H,6-11H2,1-2H3,(H,28,32)(H2,24,25,26). The third-order valence-electron chi connectivity index (χ3n) is 6.01. The molecule has 2 aliphatic heterocycles. The Morgan fingerprint density at radius 2 is 1.76 bits per heavy atom. The second kappa shape index (κ2) is 8.62. The highest BCUT2D eigenvalue weighted by Crippen LogP contribution is 2.36. The van der Waals surface area contributed by atoms with E-state index < -0.39 is 0 Å². The molecule has 33 heavy (non-hydrogen) atoms. The minimum absolute atomic E-state index is 0.201. The van der Waals surface area contributed by atoms with Crippen molar-refractivity contribution in [3.63, 3.8) is 0 Å². The van der Waals surface area contributed by atoms with E-state index in [1.807, 2.05) is 32.0 Å². The fourth-order valence-electron chi connectivity index (χ4n) is 4.23. The van der Waals surface area contributed by atoms with Gasteiger partial charge in [-0.05, 0) is 31.4 Å². The van der Waals surface area contributed by atoms with E-state index in [1.54, 1.807) is 17.3 Å². The number of hydrogen-bond donors (Lipinski definition) is 2. The summed E-state index contributed by atoms with van der Waals surface area (Å²) in [6.45, 7) is 7.07. The van der Waals surface area contributed by atoms with E-state index >= 15 is 0 Å². The van der Waals surface area contributed by atoms with Crippen LogP contribution in [0.2, 0.25) is 0 Å². The van der Waals surface area contributed by atoms with E-state index in [-0.39, 0.29) is 12.0 Å². The van der Waals surface area contributed by atoms with Gasteiger partial charge in [-0.3, -0.25) is 4.90 Å². The number of fused-ring (bicyclic) bond motifs is 1. The van der Waals surface area contributed by atoms with Crippen LogP contribution in [-0.2, 0) is 11.2 Å². The highest BCUT2D eigenvalue weighted by Gasteiger charge is 2.32. The number of carbonyl (C=O) groups excluding carboxylic acids is 1. The molecule has 0 saturated carbocycles. The Bertz CT molecular complexity index is 1170. The normalized spacial score (nSPS) is 15.5. The van der Waals surface area contributed by atoms with Crippen molar-refractivity contribution in [2.45, 2.75) is 20.3 Å². The summed E-state index contributed by atoms with van der Waals surface area (Å²) in [4.78, 5) is 35.1. The lowest BCUT2D eigenvalue weighted by Crippen LogP contribution is -2.38. The molecule has 2 amide bonds. The van der Waals surface area contributed by atoms with Crippen LogP contribution in [0.1, 0.15) is 16.7 Å². The van der Waals surface area contributed by atoms with Gasteiger partial charge in [0.05, 0.1) is 18.9 Å². The summed E-state index contributed by atoms with van der Waals surface area (Å²) < 4.78 is 5.48. The van der Waals surface area contributed by atoms with Gasteiger partial charge >= 0.3 is 6.03 Å². The Morgan fingerprint density at radius 1 is 1.06 bits per heavy atom. The number of para-hydroxylation sites is 1. The zero-order chi connectivity index (χ0) is 22.9. The molecular formula is C23H26N8O2.